The molecular weight excluding hydrogens is 164 g/mol. The first-order valence-corrected chi connectivity index (χ1v) is 3.86. The van der Waals surface area contributed by atoms with Gasteiger partial charge in [0.15, 0.2) is 5.78 Å². The van der Waals surface area contributed by atoms with Crippen molar-refractivity contribution >= 4 is 11.9 Å². The fourth-order valence-corrected chi connectivity index (χ4v) is 0.832. The van der Waals surface area contributed by atoms with Crippen molar-refractivity contribution in [2.24, 2.45) is 0 Å². The number of hydrogen-bond acceptors (Lipinski definition) is 2. The summed E-state index contributed by atoms with van der Waals surface area (Å²) in [5.74, 6) is 0.0836. The second-order valence-electron chi connectivity index (χ2n) is 2.53. The zero-order valence-corrected chi connectivity index (χ0v) is 7.10. The van der Waals surface area contributed by atoms with Crippen LogP contribution in [0.15, 0.2) is 43.0 Å². The van der Waals surface area contributed by atoms with Gasteiger partial charge in [-0.1, -0.05) is 24.8 Å². The largest absolute Gasteiger partial charge is 0.508 e. The van der Waals surface area contributed by atoms with Gasteiger partial charge in [0.2, 0.25) is 0 Å². The van der Waals surface area contributed by atoms with E-state index in [0.717, 1.165) is 5.56 Å². The summed E-state index contributed by atoms with van der Waals surface area (Å²) in [7, 11) is 0. The van der Waals surface area contributed by atoms with Gasteiger partial charge in [-0.15, -0.1) is 0 Å². The van der Waals surface area contributed by atoms with Gasteiger partial charge >= 0.3 is 0 Å². The number of phenolic OH excluding ortho intramolecular Hbond substituents is 1. The number of aromatic hydroxyl groups is 1. The summed E-state index contributed by atoms with van der Waals surface area (Å²) in [4.78, 5) is 10.8. The molecule has 0 aliphatic carbocycles. The Bertz CT molecular complexity index is 334. The van der Waals surface area contributed by atoms with Crippen LogP contribution in [-0.4, -0.2) is 10.9 Å². The van der Waals surface area contributed by atoms with Crippen molar-refractivity contribution in [2.45, 2.75) is 0 Å². The van der Waals surface area contributed by atoms with Crippen molar-refractivity contribution in [3.8, 4) is 5.75 Å². The molecule has 0 aliphatic rings. The van der Waals surface area contributed by atoms with E-state index in [1.165, 1.54) is 12.2 Å². The highest BCUT2D eigenvalue weighted by atomic mass is 16.3. The molecule has 0 saturated heterocycles. The molecule has 0 saturated carbocycles. The number of carbonyl (C=O) groups excluding carboxylic acids is 1. The third-order valence-corrected chi connectivity index (χ3v) is 1.53. The lowest BCUT2D eigenvalue weighted by Gasteiger charge is -1.92. The highest BCUT2D eigenvalue weighted by Gasteiger charge is 1.89. The standard InChI is InChI=1S/C11H10O2/c1-2-10(12)6-3-9-4-7-11(13)8-5-9/h2-8,13H,1H2/b6-3+. The predicted octanol–water partition coefficient (Wildman–Crippen LogP) is 2.16. The van der Waals surface area contributed by atoms with Crippen LogP contribution in [0.4, 0.5) is 0 Å². The van der Waals surface area contributed by atoms with E-state index in [0.29, 0.717) is 0 Å². The molecule has 2 nitrogen and oxygen atoms in total. The van der Waals surface area contributed by atoms with Crippen LogP contribution in [0.1, 0.15) is 5.56 Å². The quantitative estimate of drug-likeness (QED) is 0.713. The topological polar surface area (TPSA) is 37.3 Å². The zero-order chi connectivity index (χ0) is 9.68. The Labute approximate surface area is 76.8 Å². The Balaban J connectivity index is 2.74. The number of hydrogen-bond donors (Lipinski definition) is 1. The van der Waals surface area contributed by atoms with Crippen LogP contribution in [0.3, 0.4) is 0 Å². The van der Waals surface area contributed by atoms with E-state index >= 15 is 0 Å². The van der Waals surface area contributed by atoms with E-state index in [1.807, 2.05) is 0 Å². The van der Waals surface area contributed by atoms with Gasteiger partial charge in [-0.05, 0) is 29.8 Å². The highest BCUT2D eigenvalue weighted by molar-refractivity contribution is 6.01. The Morgan fingerprint density at radius 3 is 2.46 bits per heavy atom. The first kappa shape index (κ1) is 9.26. The number of allylic oxidation sites excluding steroid dienone is 2. The van der Waals surface area contributed by atoms with Crippen molar-refractivity contribution in [2.75, 3.05) is 0 Å². The van der Waals surface area contributed by atoms with Gasteiger partial charge < -0.3 is 5.11 Å². The van der Waals surface area contributed by atoms with Gasteiger partial charge in [0, 0.05) is 0 Å². The minimum Gasteiger partial charge on any atom is -0.508 e. The fraction of sp³-hybridized carbons (Fsp3) is 0. The molecule has 0 amide bonds. The van der Waals surface area contributed by atoms with E-state index in [9.17, 15) is 4.79 Å². The summed E-state index contributed by atoms with van der Waals surface area (Å²) in [5, 5.41) is 8.97. The van der Waals surface area contributed by atoms with Crippen LogP contribution >= 0.6 is 0 Å². The Hall–Kier alpha value is -1.83. The maximum Gasteiger partial charge on any atom is 0.178 e. The molecule has 0 heterocycles. The molecule has 0 spiro atoms. The summed E-state index contributed by atoms with van der Waals surface area (Å²) in [5.41, 5.74) is 0.869. The lowest BCUT2D eigenvalue weighted by Crippen LogP contribution is -1.82. The second kappa shape index (κ2) is 4.26. The van der Waals surface area contributed by atoms with Crippen molar-refractivity contribution in [1.82, 2.24) is 0 Å². The zero-order valence-electron chi connectivity index (χ0n) is 7.10. The van der Waals surface area contributed by atoms with E-state index in [1.54, 1.807) is 30.3 Å². The Morgan fingerprint density at radius 2 is 1.92 bits per heavy atom. The molecule has 0 unspecified atom stereocenters. The first-order chi connectivity index (χ1) is 6.22. The van der Waals surface area contributed by atoms with Crippen molar-refractivity contribution in [1.29, 1.82) is 0 Å². The van der Waals surface area contributed by atoms with Crippen LogP contribution in [0.25, 0.3) is 6.08 Å². The first-order valence-electron chi connectivity index (χ1n) is 3.86. The summed E-state index contributed by atoms with van der Waals surface area (Å²) in [6.07, 6.45) is 4.35. The molecule has 0 fully saturated rings. The second-order valence-corrected chi connectivity index (χ2v) is 2.53. The van der Waals surface area contributed by atoms with E-state index in [4.69, 9.17) is 5.11 Å². The smallest absolute Gasteiger partial charge is 0.178 e. The lowest BCUT2D eigenvalue weighted by molar-refractivity contribution is -0.110. The summed E-state index contributed by atoms with van der Waals surface area (Å²) in [6, 6.07) is 6.58. The monoisotopic (exact) mass is 174 g/mol. The summed E-state index contributed by atoms with van der Waals surface area (Å²) >= 11 is 0. The Kier molecular flexibility index (Phi) is 3.03. The minimum absolute atomic E-state index is 0.131. The maximum absolute atomic E-state index is 10.8. The van der Waals surface area contributed by atoms with Gasteiger partial charge in [0.25, 0.3) is 0 Å². The van der Waals surface area contributed by atoms with Crippen LogP contribution in [0.5, 0.6) is 5.75 Å². The molecule has 66 valence electrons. The lowest BCUT2D eigenvalue weighted by atomic mass is 10.2. The number of carbonyl (C=O) groups is 1. The average Bonchev–Trinajstić information content (AvgIpc) is 2.16. The van der Waals surface area contributed by atoms with Gasteiger partial charge in [0.05, 0.1) is 0 Å². The van der Waals surface area contributed by atoms with Crippen LogP contribution < -0.4 is 0 Å². The third kappa shape index (κ3) is 2.95. The van der Waals surface area contributed by atoms with Crippen molar-refractivity contribution in [3.05, 3.63) is 48.6 Å². The molecule has 0 radical (unpaired) electrons. The molecule has 2 heteroatoms. The van der Waals surface area contributed by atoms with E-state index in [-0.39, 0.29) is 11.5 Å². The van der Waals surface area contributed by atoms with Crippen molar-refractivity contribution in [3.63, 3.8) is 0 Å². The van der Waals surface area contributed by atoms with Crippen LogP contribution in [-0.2, 0) is 4.79 Å². The molecule has 1 aromatic carbocycles. The molecule has 1 aromatic rings. The van der Waals surface area contributed by atoms with Crippen LogP contribution in [0, 0.1) is 0 Å². The van der Waals surface area contributed by atoms with E-state index in [2.05, 4.69) is 6.58 Å². The van der Waals surface area contributed by atoms with Crippen molar-refractivity contribution < 1.29 is 9.90 Å². The summed E-state index contributed by atoms with van der Waals surface area (Å²) in [6.45, 7) is 3.35. The Morgan fingerprint density at radius 1 is 1.31 bits per heavy atom. The predicted molar refractivity (Wildman–Crippen MR) is 52.3 cm³/mol. The minimum atomic E-state index is -0.131. The number of rotatable bonds is 3. The third-order valence-electron chi connectivity index (χ3n) is 1.53. The molecule has 0 bridgehead atoms. The summed E-state index contributed by atoms with van der Waals surface area (Å²) < 4.78 is 0. The van der Waals surface area contributed by atoms with Gasteiger partial charge in [-0.2, -0.15) is 0 Å². The highest BCUT2D eigenvalue weighted by Crippen LogP contribution is 2.10. The molecule has 1 N–H and O–H groups in total. The molecule has 13 heavy (non-hydrogen) atoms. The SMILES string of the molecule is C=CC(=O)/C=C/c1ccc(O)cc1. The molecule has 1 rings (SSSR count). The molecule has 0 aliphatic heterocycles. The van der Waals surface area contributed by atoms with E-state index < -0.39 is 0 Å². The van der Waals surface area contributed by atoms with Gasteiger partial charge in [-0.3, -0.25) is 4.79 Å². The number of benzene rings is 1. The number of ketones is 1. The average molecular weight is 174 g/mol. The maximum atomic E-state index is 10.8. The fourth-order valence-electron chi connectivity index (χ4n) is 0.832. The van der Waals surface area contributed by atoms with Gasteiger partial charge in [0.1, 0.15) is 5.75 Å². The molecule has 0 atom stereocenters. The van der Waals surface area contributed by atoms with Gasteiger partial charge in [-0.25, -0.2) is 0 Å². The normalized spacial score (nSPS) is 10.2. The molecule has 0 aromatic heterocycles. The van der Waals surface area contributed by atoms with Crippen LogP contribution in [0.2, 0.25) is 0 Å². The number of phenols is 1. The molecular formula is C11H10O2.